The molecule has 0 bridgehead atoms. The van der Waals surface area contributed by atoms with E-state index in [9.17, 15) is 18.0 Å². The fourth-order valence-electron chi connectivity index (χ4n) is 3.56. The molecule has 1 aliphatic heterocycles. The molecule has 9 heteroatoms. The average molecular weight is 403 g/mol. The Morgan fingerprint density at radius 3 is 2.48 bits per heavy atom. The molecule has 29 heavy (non-hydrogen) atoms. The highest BCUT2D eigenvalue weighted by molar-refractivity contribution is 5.95. The summed E-state index contributed by atoms with van der Waals surface area (Å²) in [6.45, 7) is 3.97. The van der Waals surface area contributed by atoms with Crippen LogP contribution in [0.25, 0.3) is 5.65 Å². The minimum absolute atomic E-state index is 0.208. The van der Waals surface area contributed by atoms with Gasteiger partial charge >= 0.3 is 6.18 Å². The molecular weight excluding hydrogens is 383 g/mol. The summed E-state index contributed by atoms with van der Waals surface area (Å²) in [6, 6.07) is 7.95. The van der Waals surface area contributed by atoms with Gasteiger partial charge in [0.1, 0.15) is 17.2 Å². The van der Waals surface area contributed by atoms with Gasteiger partial charge in [0.05, 0.1) is 11.3 Å². The summed E-state index contributed by atoms with van der Waals surface area (Å²) < 4.78 is 40.7. The summed E-state index contributed by atoms with van der Waals surface area (Å²) in [4.78, 5) is 25.6. The molecule has 152 valence electrons. The van der Waals surface area contributed by atoms with Gasteiger partial charge < -0.3 is 9.80 Å². The van der Waals surface area contributed by atoms with Crippen molar-refractivity contribution in [1.29, 1.82) is 0 Å². The number of fused-ring (bicyclic) bond motifs is 1. The lowest BCUT2D eigenvalue weighted by Gasteiger charge is -2.35. The summed E-state index contributed by atoms with van der Waals surface area (Å²) >= 11 is 0. The number of aromatic nitrogens is 3. The summed E-state index contributed by atoms with van der Waals surface area (Å²) in [5, 5.41) is 0. The van der Waals surface area contributed by atoms with Gasteiger partial charge in [-0.2, -0.15) is 13.2 Å². The molecule has 0 radical (unpaired) electrons. The highest BCUT2D eigenvalue weighted by Gasteiger charge is 2.33. The maximum atomic E-state index is 13.2. The molecule has 0 aliphatic carbocycles. The molecule has 0 unspecified atom stereocenters. The van der Waals surface area contributed by atoms with E-state index in [0.717, 1.165) is 18.1 Å². The smallest absolute Gasteiger partial charge is 0.353 e. The number of carbonyl (C=O) groups is 1. The molecule has 0 spiro atoms. The van der Waals surface area contributed by atoms with Crippen molar-refractivity contribution in [2.24, 2.45) is 0 Å². The number of anilines is 1. The van der Waals surface area contributed by atoms with Gasteiger partial charge in [0.2, 0.25) is 0 Å². The van der Waals surface area contributed by atoms with Crippen LogP contribution in [0.5, 0.6) is 0 Å². The number of aryl methyl sites for hydroxylation is 1. The molecule has 6 nitrogen and oxygen atoms in total. The molecule has 0 saturated carbocycles. The van der Waals surface area contributed by atoms with Crippen LogP contribution in [0.4, 0.5) is 19.0 Å². The van der Waals surface area contributed by atoms with E-state index in [-0.39, 0.29) is 11.6 Å². The standard InChI is InChI=1S/C20H20F3N5O/c1-2-15-18(28-13-14(20(21,22)23)6-7-17(28)25-15)19(29)27-11-9-26(10-12-27)16-5-3-4-8-24-16/h3-8,13H,2,9-12H2,1H3. The fraction of sp³-hybridized carbons (Fsp3) is 0.350. The number of hydrogen-bond acceptors (Lipinski definition) is 4. The van der Waals surface area contributed by atoms with E-state index < -0.39 is 11.7 Å². The molecule has 4 rings (SSSR count). The highest BCUT2D eigenvalue weighted by Crippen LogP contribution is 2.30. The Labute approximate surface area is 165 Å². The van der Waals surface area contributed by atoms with E-state index in [1.165, 1.54) is 10.5 Å². The lowest BCUT2D eigenvalue weighted by Crippen LogP contribution is -2.49. The number of halogens is 3. The minimum atomic E-state index is -4.49. The molecule has 1 saturated heterocycles. The molecule has 1 aliphatic rings. The SMILES string of the molecule is CCc1nc2ccc(C(F)(F)F)cn2c1C(=O)N1CCN(c2ccccn2)CC1. The predicted octanol–water partition coefficient (Wildman–Crippen LogP) is 3.27. The number of hydrogen-bond donors (Lipinski definition) is 0. The first-order chi connectivity index (χ1) is 13.9. The van der Waals surface area contributed by atoms with Crippen LogP contribution in [0.15, 0.2) is 42.7 Å². The normalized spacial score (nSPS) is 15.2. The van der Waals surface area contributed by atoms with Crippen LogP contribution in [-0.2, 0) is 12.6 Å². The predicted molar refractivity (Wildman–Crippen MR) is 102 cm³/mol. The first-order valence-corrected chi connectivity index (χ1v) is 9.42. The van der Waals surface area contributed by atoms with Crippen LogP contribution < -0.4 is 4.90 Å². The Hall–Kier alpha value is -3.10. The Balaban J connectivity index is 1.61. The van der Waals surface area contributed by atoms with Crippen molar-refractivity contribution in [3.05, 3.63) is 59.7 Å². The molecular formula is C20H20F3N5O. The zero-order chi connectivity index (χ0) is 20.6. The number of carbonyl (C=O) groups excluding carboxylic acids is 1. The fourth-order valence-corrected chi connectivity index (χ4v) is 3.56. The number of alkyl halides is 3. The molecule has 4 heterocycles. The maximum absolute atomic E-state index is 13.2. The van der Waals surface area contributed by atoms with Crippen molar-refractivity contribution in [2.45, 2.75) is 19.5 Å². The second kappa shape index (κ2) is 7.38. The minimum Gasteiger partial charge on any atom is -0.353 e. The molecule has 0 N–H and O–H groups in total. The molecule has 3 aromatic heterocycles. The van der Waals surface area contributed by atoms with Gasteiger partial charge in [-0.05, 0) is 30.7 Å². The van der Waals surface area contributed by atoms with Crippen LogP contribution in [-0.4, -0.2) is 51.4 Å². The summed E-state index contributed by atoms with van der Waals surface area (Å²) in [7, 11) is 0. The number of amides is 1. The van der Waals surface area contributed by atoms with Crippen LogP contribution in [0.2, 0.25) is 0 Å². The van der Waals surface area contributed by atoms with E-state index in [4.69, 9.17) is 0 Å². The highest BCUT2D eigenvalue weighted by atomic mass is 19.4. The van der Waals surface area contributed by atoms with Crippen molar-refractivity contribution in [1.82, 2.24) is 19.3 Å². The van der Waals surface area contributed by atoms with Gasteiger partial charge in [-0.25, -0.2) is 9.97 Å². The van der Waals surface area contributed by atoms with E-state index in [1.54, 1.807) is 11.1 Å². The maximum Gasteiger partial charge on any atom is 0.417 e. The van der Waals surface area contributed by atoms with Crippen LogP contribution in [0.3, 0.4) is 0 Å². The summed E-state index contributed by atoms with van der Waals surface area (Å²) in [5.41, 5.74) is 0.241. The zero-order valence-corrected chi connectivity index (χ0v) is 15.9. The van der Waals surface area contributed by atoms with Gasteiger partial charge in [0.25, 0.3) is 5.91 Å². The molecule has 0 aromatic carbocycles. The second-order valence-corrected chi connectivity index (χ2v) is 6.87. The summed E-state index contributed by atoms with van der Waals surface area (Å²) in [6.07, 6.45) is -1.35. The van der Waals surface area contributed by atoms with E-state index in [1.807, 2.05) is 25.1 Å². The van der Waals surface area contributed by atoms with Gasteiger partial charge in [0.15, 0.2) is 0 Å². The van der Waals surface area contributed by atoms with Crippen molar-refractivity contribution < 1.29 is 18.0 Å². The molecule has 0 atom stereocenters. The zero-order valence-electron chi connectivity index (χ0n) is 15.9. The Morgan fingerprint density at radius 2 is 1.86 bits per heavy atom. The van der Waals surface area contributed by atoms with Gasteiger partial charge in [-0.1, -0.05) is 13.0 Å². The quantitative estimate of drug-likeness (QED) is 0.674. The number of rotatable bonds is 3. The molecule has 1 amide bonds. The monoisotopic (exact) mass is 403 g/mol. The molecule has 1 fully saturated rings. The summed E-state index contributed by atoms with van der Waals surface area (Å²) in [5.74, 6) is 0.549. The Morgan fingerprint density at radius 1 is 1.10 bits per heavy atom. The lowest BCUT2D eigenvalue weighted by molar-refractivity contribution is -0.137. The van der Waals surface area contributed by atoms with Crippen LogP contribution in [0.1, 0.15) is 28.7 Å². The third-order valence-electron chi connectivity index (χ3n) is 5.10. The molecule has 3 aromatic rings. The number of piperazine rings is 1. The number of pyridine rings is 2. The van der Waals surface area contributed by atoms with E-state index >= 15 is 0 Å². The van der Waals surface area contributed by atoms with Gasteiger partial charge in [-0.15, -0.1) is 0 Å². The number of nitrogens with zero attached hydrogens (tertiary/aromatic N) is 5. The van der Waals surface area contributed by atoms with E-state index in [2.05, 4.69) is 14.9 Å². The third kappa shape index (κ3) is 3.64. The van der Waals surface area contributed by atoms with Crippen LogP contribution >= 0.6 is 0 Å². The lowest BCUT2D eigenvalue weighted by atomic mass is 10.2. The van der Waals surface area contributed by atoms with Crippen molar-refractivity contribution in [3.63, 3.8) is 0 Å². The van der Waals surface area contributed by atoms with Crippen molar-refractivity contribution in [3.8, 4) is 0 Å². The van der Waals surface area contributed by atoms with Crippen LogP contribution in [0, 0.1) is 0 Å². The second-order valence-electron chi connectivity index (χ2n) is 6.87. The number of imidazole rings is 1. The average Bonchev–Trinajstić information content (AvgIpc) is 3.11. The van der Waals surface area contributed by atoms with Gasteiger partial charge in [-0.3, -0.25) is 9.20 Å². The largest absolute Gasteiger partial charge is 0.417 e. The van der Waals surface area contributed by atoms with E-state index in [0.29, 0.717) is 43.9 Å². The van der Waals surface area contributed by atoms with Crippen molar-refractivity contribution >= 4 is 17.4 Å². The first kappa shape index (κ1) is 19.2. The Kier molecular flexibility index (Phi) is 4.89. The third-order valence-corrected chi connectivity index (χ3v) is 5.10. The van der Waals surface area contributed by atoms with Crippen molar-refractivity contribution in [2.75, 3.05) is 31.1 Å². The Bertz CT molecular complexity index is 1020. The topological polar surface area (TPSA) is 53.7 Å². The van der Waals surface area contributed by atoms with Gasteiger partial charge in [0, 0.05) is 38.6 Å². The first-order valence-electron chi connectivity index (χ1n) is 9.42.